The average Bonchev–Trinajstić information content (AvgIpc) is 2.48. The smallest absolute Gasteiger partial charge is 0.228 e. The zero-order valence-corrected chi connectivity index (χ0v) is 8.60. The highest BCUT2D eigenvalue weighted by Gasteiger charge is 2.14. The minimum absolute atomic E-state index is 0.199. The largest absolute Gasteiger partial charge is 0.725 e. The Morgan fingerprint density at radius 1 is 1.62 bits per heavy atom. The maximum Gasteiger partial charge on any atom is 0.228 e. The van der Waals surface area contributed by atoms with Gasteiger partial charge in [0.25, 0.3) is 0 Å². The zero-order valence-electron chi connectivity index (χ0n) is 6.97. The molecule has 5 nitrogen and oxygen atoms in total. The monoisotopic (exact) mass is 227 g/mol. The number of hydrogen-bond acceptors (Lipinski definition) is 6. The van der Waals surface area contributed by atoms with Crippen molar-refractivity contribution in [3.8, 4) is 0 Å². The predicted octanol–water partition coefficient (Wildman–Crippen LogP) is 0.681. The number of hydrogen-bond donors (Lipinski definition) is 0. The number of ether oxygens (including phenoxy) is 1. The fourth-order valence-electron chi connectivity index (χ4n) is 1.14. The minimum atomic E-state index is -4.55. The first-order valence-electron chi connectivity index (χ1n) is 3.96. The van der Waals surface area contributed by atoms with Crippen LogP contribution in [0.3, 0.4) is 0 Å². The van der Waals surface area contributed by atoms with E-state index in [2.05, 4.69) is 3.63 Å². The van der Waals surface area contributed by atoms with Crippen LogP contribution in [-0.4, -0.2) is 31.4 Å². The molecule has 78 valence electrons. The normalized spacial score (nSPS) is 23.6. The van der Waals surface area contributed by atoms with Crippen LogP contribution in [0.15, 0.2) is 0 Å². The summed E-state index contributed by atoms with van der Waals surface area (Å²) < 4.78 is 39.2. The molecule has 0 aromatic rings. The van der Waals surface area contributed by atoms with Crippen molar-refractivity contribution >= 4 is 22.4 Å². The Kier molecular flexibility index (Phi) is 4.47. The summed E-state index contributed by atoms with van der Waals surface area (Å²) in [4.78, 5) is 0. The molecule has 0 saturated carbocycles. The predicted molar refractivity (Wildman–Crippen MR) is 46.8 cm³/mol. The first kappa shape index (κ1) is 11.3. The summed E-state index contributed by atoms with van der Waals surface area (Å²) in [6.45, 7) is 0.774. The van der Waals surface area contributed by atoms with Gasteiger partial charge in [0.15, 0.2) is 0 Å². The summed E-state index contributed by atoms with van der Waals surface area (Å²) in [6.07, 6.45) is 2.98. The Morgan fingerprint density at radius 2 is 2.38 bits per heavy atom. The quantitative estimate of drug-likeness (QED) is 0.297. The molecular formula is C6H11O5S2-. The minimum Gasteiger partial charge on any atom is -0.725 e. The van der Waals surface area contributed by atoms with E-state index in [1.165, 1.54) is 0 Å². The van der Waals surface area contributed by atoms with E-state index >= 15 is 0 Å². The van der Waals surface area contributed by atoms with E-state index in [0.29, 0.717) is 17.8 Å². The maximum absolute atomic E-state index is 10.00. The molecule has 0 aromatic heterocycles. The van der Waals surface area contributed by atoms with Gasteiger partial charge in [-0.05, 0) is 19.3 Å². The van der Waals surface area contributed by atoms with Crippen LogP contribution < -0.4 is 0 Å². The lowest BCUT2D eigenvalue weighted by Crippen LogP contribution is -2.06. The van der Waals surface area contributed by atoms with Gasteiger partial charge in [-0.15, -0.1) is 0 Å². The summed E-state index contributed by atoms with van der Waals surface area (Å²) >= 11 is 0.667. The SMILES string of the molecule is O=S(=O)([O-])OSCCC1CCCO1. The van der Waals surface area contributed by atoms with E-state index in [-0.39, 0.29) is 6.10 Å². The van der Waals surface area contributed by atoms with Gasteiger partial charge in [-0.3, -0.25) is 0 Å². The molecule has 1 heterocycles. The van der Waals surface area contributed by atoms with Gasteiger partial charge in [0.2, 0.25) is 10.4 Å². The Balaban J connectivity index is 2.01. The zero-order chi connectivity index (χ0) is 9.73. The van der Waals surface area contributed by atoms with Gasteiger partial charge in [-0.2, -0.15) is 0 Å². The molecule has 0 N–H and O–H groups in total. The van der Waals surface area contributed by atoms with Crippen LogP contribution in [0.2, 0.25) is 0 Å². The molecule has 0 spiro atoms. The fourth-order valence-corrected chi connectivity index (χ4v) is 2.25. The molecule has 1 unspecified atom stereocenters. The summed E-state index contributed by atoms with van der Waals surface area (Å²) in [6, 6.07) is 0. The number of rotatable bonds is 5. The van der Waals surface area contributed by atoms with Crippen LogP contribution in [0.5, 0.6) is 0 Å². The van der Waals surface area contributed by atoms with E-state index < -0.39 is 10.4 Å². The van der Waals surface area contributed by atoms with Crippen molar-refractivity contribution in [3.63, 3.8) is 0 Å². The third-order valence-electron chi connectivity index (χ3n) is 1.68. The Morgan fingerprint density at radius 3 is 2.92 bits per heavy atom. The molecule has 0 aromatic carbocycles. The molecule has 1 aliphatic heterocycles. The lowest BCUT2D eigenvalue weighted by Gasteiger charge is -2.09. The Labute approximate surface area is 82.0 Å². The first-order valence-corrected chi connectivity index (χ1v) is 6.21. The summed E-state index contributed by atoms with van der Waals surface area (Å²) in [7, 11) is -4.55. The molecule has 1 fully saturated rings. The van der Waals surface area contributed by atoms with Crippen LogP contribution in [0.4, 0.5) is 0 Å². The third-order valence-corrected chi connectivity index (χ3v) is 3.13. The molecule has 1 atom stereocenters. The highest BCUT2D eigenvalue weighted by Crippen LogP contribution is 2.18. The summed E-state index contributed by atoms with van der Waals surface area (Å²) in [5.41, 5.74) is 0. The van der Waals surface area contributed by atoms with Crippen molar-refractivity contribution < 1.29 is 21.3 Å². The second kappa shape index (κ2) is 5.16. The van der Waals surface area contributed by atoms with Crippen molar-refractivity contribution in [2.24, 2.45) is 0 Å². The van der Waals surface area contributed by atoms with Crippen LogP contribution in [-0.2, 0) is 18.8 Å². The van der Waals surface area contributed by atoms with E-state index in [1.54, 1.807) is 0 Å². The highest BCUT2D eigenvalue weighted by atomic mass is 32.3. The topological polar surface area (TPSA) is 75.7 Å². The van der Waals surface area contributed by atoms with E-state index in [9.17, 15) is 13.0 Å². The Bertz CT molecular complexity index is 231. The molecule has 0 radical (unpaired) electrons. The average molecular weight is 227 g/mol. The Hall–Kier alpha value is 0.180. The van der Waals surface area contributed by atoms with Crippen molar-refractivity contribution in [1.82, 2.24) is 0 Å². The summed E-state index contributed by atoms with van der Waals surface area (Å²) in [5, 5.41) is 0. The molecule has 1 rings (SSSR count). The lowest BCUT2D eigenvalue weighted by molar-refractivity contribution is 0.109. The van der Waals surface area contributed by atoms with Crippen molar-refractivity contribution in [2.75, 3.05) is 12.4 Å². The second-order valence-corrected chi connectivity index (χ2v) is 4.73. The van der Waals surface area contributed by atoms with Gasteiger partial charge >= 0.3 is 0 Å². The van der Waals surface area contributed by atoms with E-state index in [0.717, 1.165) is 25.9 Å². The highest BCUT2D eigenvalue weighted by molar-refractivity contribution is 8.02. The van der Waals surface area contributed by atoms with Crippen LogP contribution in [0.1, 0.15) is 19.3 Å². The molecule has 0 bridgehead atoms. The van der Waals surface area contributed by atoms with Gasteiger partial charge in [0.1, 0.15) is 0 Å². The molecule has 0 aliphatic carbocycles. The van der Waals surface area contributed by atoms with E-state index in [4.69, 9.17) is 4.74 Å². The first-order chi connectivity index (χ1) is 6.08. The van der Waals surface area contributed by atoms with Crippen LogP contribution in [0.25, 0.3) is 0 Å². The van der Waals surface area contributed by atoms with Gasteiger partial charge < -0.3 is 9.29 Å². The van der Waals surface area contributed by atoms with Crippen molar-refractivity contribution in [3.05, 3.63) is 0 Å². The molecular weight excluding hydrogens is 216 g/mol. The van der Waals surface area contributed by atoms with E-state index in [1.807, 2.05) is 0 Å². The molecule has 13 heavy (non-hydrogen) atoms. The van der Waals surface area contributed by atoms with Crippen LogP contribution in [0, 0.1) is 0 Å². The molecule has 1 saturated heterocycles. The standard InChI is InChI=1S/C6H12O5S2/c7-13(8,9)11-12-5-3-6-2-1-4-10-6/h6H,1-5H2,(H,7,8,9)/p-1. The van der Waals surface area contributed by atoms with Crippen LogP contribution >= 0.6 is 12.0 Å². The van der Waals surface area contributed by atoms with Gasteiger partial charge in [0.05, 0.1) is 6.10 Å². The van der Waals surface area contributed by atoms with Gasteiger partial charge in [-0.1, -0.05) is 0 Å². The molecule has 7 heteroatoms. The van der Waals surface area contributed by atoms with Crippen molar-refractivity contribution in [1.29, 1.82) is 0 Å². The van der Waals surface area contributed by atoms with Gasteiger partial charge in [0, 0.05) is 24.4 Å². The fraction of sp³-hybridized carbons (Fsp3) is 1.00. The summed E-state index contributed by atoms with van der Waals surface area (Å²) in [5.74, 6) is 0.464. The lowest BCUT2D eigenvalue weighted by atomic mass is 10.2. The molecule has 1 aliphatic rings. The molecule has 0 amide bonds. The third kappa shape index (κ3) is 5.48. The maximum atomic E-state index is 10.00. The van der Waals surface area contributed by atoms with Crippen molar-refractivity contribution in [2.45, 2.75) is 25.4 Å². The second-order valence-electron chi connectivity index (χ2n) is 2.72. The van der Waals surface area contributed by atoms with Gasteiger partial charge in [-0.25, -0.2) is 12.0 Å².